The molecule has 0 fully saturated rings. The molecule has 9 nitrogen and oxygen atoms in total. The molecule has 0 aromatic heterocycles. The van der Waals surface area contributed by atoms with Crippen molar-refractivity contribution in [1.29, 1.82) is 0 Å². The lowest BCUT2D eigenvalue weighted by Crippen LogP contribution is -2.30. The third-order valence-corrected chi connectivity index (χ3v) is 5.90. The predicted molar refractivity (Wildman–Crippen MR) is 124 cm³/mol. The normalized spacial score (nSPS) is 18.3. The Balaban J connectivity index is 1.97. The average molecular weight is 469 g/mol. The Morgan fingerprint density at radius 3 is 2.32 bits per heavy atom. The molecule has 9 heteroatoms. The van der Waals surface area contributed by atoms with Crippen LogP contribution in [0.15, 0.2) is 34.8 Å². The van der Waals surface area contributed by atoms with Gasteiger partial charge in [-0.3, -0.25) is 9.79 Å². The Kier molecular flexibility index (Phi) is 6.93. The molecule has 1 N–H and O–H groups in total. The zero-order valence-electron chi connectivity index (χ0n) is 19.5. The summed E-state index contributed by atoms with van der Waals surface area (Å²) in [6, 6.07) is 7.42. The largest absolute Gasteiger partial charge is 0.493 e. The summed E-state index contributed by atoms with van der Waals surface area (Å²) >= 11 is 0. The SMILES string of the molecule is COC(=O)[C@@H]1C(C=NCCO)=Cc2cc3c(cc2C1c1cc(OC)c(OC)c(OC)c1)OCO3. The molecular formula is C25H27NO8. The maximum absolute atomic E-state index is 13.2. The van der Waals surface area contributed by atoms with E-state index >= 15 is 0 Å². The Morgan fingerprint density at radius 1 is 1.06 bits per heavy atom. The first-order chi connectivity index (χ1) is 16.6. The molecule has 2 aromatic rings. The molecule has 4 rings (SSSR count). The maximum atomic E-state index is 13.2. The number of fused-ring (bicyclic) bond motifs is 2. The first kappa shape index (κ1) is 23.4. The van der Waals surface area contributed by atoms with E-state index in [0.29, 0.717) is 34.3 Å². The van der Waals surface area contributed by atoms with Crippen molar-refractivity contribution >= 4 is 18.3 Å². The predicted octanol–water partition coefficient (Wildman–Crippen LogP) is 2.82. The van der Waals surface area contributed by atoms with E-state index in [9.17, 15) is 9.90 Å². The summed E-state index contributed by atoms with van der Waals surface area (Å²) in [6.45, 7) is 0.244. The van der Waals surface area contributed by atoms with Crippen molar-refractivity contribution in [2.24, 2.45) is 10.9 Å². The highest BCUT2D eigenvalue weighted by atomic mass is 16.7. The second-order valence-corrected chi connectivity index (χ2v) is 7.67. The molecule has 180 valence electrons. The summed E-state index contributed by atoms with van der Waals surface area (Å²) in [4.78, 5) is 17.4. The van der Waals surface area contributed by atoms with Crippen LogP contribution in [0.25, 0.3) is 6.08 Å². The average Bonchev–Trinajstić information content (AvgIpc) is 3.32. The van der Waals surface area contributed by atoms with Crippen molar-refractivity contribution < 1.29 is 38.3 Å². The lowest BCUT2D eigenvalue weighted by molar-refractivity contribution is -0.144. The summed E-state index contributed by atoms with van der Waals surface area (Å²) in [5.74, 6) is 0.983. The zero-order chi connectivity index (χ0) is 24.2. The van der Waals surface area contributed by atoms with Gasteiger partial charge in [0.1, 0.15) is 0 Å². The van der Waals surface area contributed by atoms with Crippen molar-refractivity contribution in [3.8, 4) is 28.7 Å². The second-order valence-electron chi connectivity index (χ2n) is 7.67. The van der Waals surface area contributed by atoms with Gasteiger partial charge >= 0.3 is 5.97 Å². The van der Waals surface area contributed by atoms with Crippen molar-refractivity contribution in [1.82, 2.24) is 0 Å². The van der Waals surface area contributed by atoms with Crippen LogP contribution in [0.1, 0.15) is 22.6 Å². The van der Waals surface area contributed by atoms with E-state index in [4.69, 9.17) is 28.4 Å². The van der Waals surface area contributed by atoms with Gasteiger partial charge in [-0.05, 0) is 52.6 Å². The highest BCUT2D eigenvalue weighted by Gasteiger charge is 2.40. The zero-order valence-corrected chi connectivity index (χ0v) is 19.5. The highest BCUT2D eigenvalue weighted by Crippen LogP contribution is 2.50. The van der Waals surface area contributed by atoms with Gasteiger partial charge in [0.2, 0.25) is 12.5 Å². The quantitative estimate of drug-likeness (QED) is 0.465. The Labute approximate surface area is 197 Å². The molecule has 1 aliphatic heterocycles. The molecule has 34 heavy (non-hydrogen) atoms. The van der Waals surface area contributed by atoms with Crippen LogP contribution in [0, 0.1) is 5.92 Å². The Bertz CT molecular complexity index is 1110. The van der Waals surface area contributed by atoms with Crippen LogP contribution in [0.5, 0.6) is 28.7 Å². The molecule has 1 unspecified atom stereocenters. The summed E-state index contributed by atoms with van der Waals surface area (Å²) in [5.41, 5.74) is 3.11. The molecule has 0 radical (unpaired) electrons. The van der Waals surface area contributed by atoms with Crippen LogP contribution in [0.2, 0.25) is 0 Å². The summed E-state index contributed by atoms with van der Waals surface area (Å²) in [5, 5.41) is 9.18. The topological polar surface area (TPSA) is 105 Å². The number of benzene rings is 2. The number of carbonyl (C=O) groups excluding carboxylic acids is 1. The molecule has 0 amide bonds. The van der Waals surface area contributed by atoms with Crippen molar-refractivity contribution in [3.05, 3.63) is 46.5 Å². The van der Waals surface area contributed by atoms with E-state index in [1.807, 2.05) is 30.3 Å². The van der Waals surface area contributed by atoms with Crippen molar-refractivity contribution in [3.63, 3.8) is 0 Å². The standard InChI is InChI=1S/C25H27NO8/c1-29-20-9-15(10-21(30-2)24(20)31-3)22-17-11-19-18(33-13-34-19)8-14(17)7-16(12-26-5-6-27)23(22)25(28)32-4/h7-12,22-23,27H,5-6,13H2,1-4H3/t22?,23-/m1/s1. The molecule has 0 bridgehead atoms. The van der Waals surface area contributed by atoms with Gasteiger partial charge in [-0.1, -0.05) is 0 Å². The highest BCUT2D eigenvalue weighted by molar-refractivity contribution is 5.97. The van der Waals surface area contributed by atoms with Gasteiger partial charge in [0.25, 0.3) is 0 Å². The molecule has 0 saturated carbocycles. The van der Waals surface area contributed by atoms with E-state index in [2.05, 4.69) is 4.99 Å². The fourth-order valence-electron chi connectivity index (χ4n) is 4.41. The minimum absolute atomic E-state index is 0.0990. The Hall–Kier alpha value is -3.72. The first-order valence-electron chi connectivity index (χ1n) is 10.7. The lowest BCUT2D eigenvalue weighted by atomic mass is 9.71. The number of nitrogens with zero attached hydrogens (tertiary/aromatic N) is 1. The van der Waals surface area contributed by atoms with E-state index < -0.39 is 17.8 Å². The van der Waals surface area contributed by atoms with Crippen LogP contribution in [0.3, 0.4) is 0 Å². The number of aliphatic imine (C=N–C) groups is 1. The molecule has 2 aromatic carbocycles. The molecule has 0 spiro atoms. The van der Waals surface area contributed by atoms with Gasteiger partial charge in [-0.2, -0.15) is 0 Å². The fourth-order valence-corrected chi connectivity index (χ4v) is 4.41. The minimum atomic E-state index is -0.719. The Morgan fingerprint density at radius 2 is 1.74 bits per heavy atom. The molecule has 1 heterocycles. The summed E-state index contributed by atoms with van der Waals surface area (Å²) in [7, 11) is 5.97. The second kappa shape index (κ2) is 10.0. The number of hydrogen-bond acceptors (Lipinski definition) is 9. The number of ether oxygens (including phenoxy) is 6. The van der Waals surface area contributed by atoms with Crippen LogP contribution < -0.4 is 23.7 Å². The number of hydrogen-bond donors (Lipinski definition) is 1. The van der Waals surface area contributed by atoms with Gasteiger partial charge in [0.05, 0.1) is 47.5 Å². The van der Waals surface area contributed by atoms with Crippen LogP contribution in [-0.2, 0) is 9.53 Å². The van der Waals surface area contributed by atoms with Crippen LogP contribution in [-0.4, -0.2) is 65.7 Å². The van der Waals surface area contributed by atoms with Gasteiger partial charge in [0, 0.05) is 12.1 Å². The number of aliphatic hydroxyl groups excluding tert-OH is 1. The van der Waals surface area contributed by atoms with E-state index in [-0.39, 0.29) is 19.9 Å². The number of carbonyl (C=O) groups is 1. The monoisotopic (exact) mass is 469 g/mol. The van der Waals surface area contributed by atoms with Gasteiger partial charge in [-0.15, -0.1) is 0 Å². The molecule has 2 aliphatic rings. The van der Waals surface area contributed by atoms with E-state index in [1.165, 1.54) is 14.2 Å². The molecule has 0 saturated heterocycles. The minimum Gasteiger partial charge on any atom is -0.493 e. The van der Waals surface area contributed by atoms with Crippen molar-refractivity contribution in [2.45, 2.75) is 5.92 Å². The number of esters is 1. The maximum Gasteiger partial charge on any atom is 0.314 e. The van der Waals surface area contributed by atoms with Crippen LogP contribution in [0.4, 0.5) is 0 Å². The smallest absolute Gasteiger partial charge is 0.314 e. The van der Waals surface area contributed by atoms with Gasteiger partial charge in [0.15, 0.2) is 23.0 Å². The van der Waals surface area contributed by atoms with Crippen molar-refractivity contribution in [2.75, 3.05) is 48.4 Å². The number of rotatable bonds is 8. The van der Waals surface area contributed by atoms with Gasteiger partial charge < -0.3 is 33.5 Å². The summed E-state index contributed by atoms with van der Waals surface area (Å²) in [6.07, 6.45) is 3.49. The first-order valence-corrected chi connectivity index (χ1v) is 10.7. The number of methoxy groups -OCH3 is 4. The van der Waals surface area contributed by atoms with E-state index in [1.54, 1.807) is 20.4 Å². The fraction of sp³-hybridized carbons (Fsp3) is 0.360. The number of aliphatic hydroxyl groups is 1. The third kappa shape index (κ3) is 4.14. The van der Waals surface area contributed by atoms with Crippen LogP contribution >= 0.6 is 0 Å². The lowest BCUT2D eigenvalue weighted by Gasteiger charge is -2.32. The van der Waals surface area contributed by atoms with Gasteiger partial charge in [-0.25, -0.2) is 0 Å². The molecule has 1 aliphatic carbocycles. The van der Waals surface area contributed by atoms with E-state index in [0.717, 1.165) is 16.7 Å². The molecular weight excluding hydrogens is 442 g/mol. The summed E-state index contributed by atoms with van der Waals surface area (Å²) < 4.78 is 33.0. The third-order valence-electron chi connectivity index (χ3n) is 5.90. The molecule has 2 atom stereocenters.